The number of piperidine rings is 1. The van der Waals surface area contributed by atoms with E-state index in [2.05, 4.69) is 4.90 Å². The van der Waals surface area contributed by atoms with Gasteiger partial charge in [0.2, 0.25) is 11.8 Å². The van der Waals surface area contributed by atoms with Crippen LogP contribution in [0.4, 0.5) is 0 Å². The lowest BCUT2D eigenvalue weighted by Gasteiger charge is -2.36. The van der Waals surface area contributed by atoms with Crippen LogP contribution in [0.3, 0.4) is 0 Å². The summed E-state index contributed by atoms with van der Waals surface area (Å²) in [7, 11) is 0. The molecule has 6 heteroatoms. The Hall–Kier alpha value is -1.14. The Balaban J connectivity index is 1.60. The number of carbonyl (C=O) groups is 2. The summed E-state index contributed by atoms with van der Waals surface area (Å²) in [5.41, 5.74) is 5.48. The minimum Gasteiger partial charge on any atom is -0.342 e. The number of hydrogen-bond acceptors (Lipinski definition) is 4. The van der Waals surface area contributed by atoms with Crippen LogP contribution in [-0.4, -0.2) is 78.9 Å². The van der Waals surface area contributed by atoms with Gasteiger partial charge in [-0.05, 0) is 38.6 Å². The van der Waals surface area contributed by atoms with Crippen LogP contribution in [-0.2, 0) is 9.59 Å². The van der Waals surface area contributed by atoms with Crippen molar-refractivity contribution in [1.29, 1.82) is 0 Å². The molecule has 0 unspecified atom stereocenters. The maximum absolute atomic E-state index is 12.3. The van der Waals surface area contributed by atoms with Gasteiger partial charge in [-0.25, -0.2) is 0 Å². The molecule has 0 radical (unpaired) electrons. The summed E-state index contributed by atoms with van der Waals surface area (Å²) in [6, 6.07) is 0. The van der Waals surface area contributed by atoms with Gasteiger partial charge in [0.15, 0.2) is 0 Å². The third kappa shape index (κ3) is 6.40. The number of nitrogens with two attached hydrogens (primary N) is 1. The lowest BCUT2D eigenvalue weighted by molar-refractivity contribution is -0.135. The van der Waals surface area contributed by atoms with E-state index in [1.165, 1.54) is 6.42 Å². The van der Waals surface area contributed by atoms with E-state index in [1.807, 2.05) is 9.80 Å². The average Bonchev–Trinajstić information content (AvgIpc) is 2.62. The number of unbranched alkanes of at least 4 members (excludes halogenated alkanes) is 3. The highest BCUT2D eigenvalue weighted by molar-refractivity contribution is 5.78. The molecule has 0 saturated carbocycles. The molecule has 0 spiro atoms. The van der Waals surface area contributed by atoms with E-state index in [-0.39, 0.29) is 11.8 Å². The molecular formula is C18H34N4O2. The van der Waals surface area contributed by atoms with Gasteiger partial charge in [-0.15, -0.1) is 0 Å². The van der Waals surface area contributed by atoms with E-state index in [0.717, 1.165) is 84.3 Å². The van der Waals surface area contributed by atoms with Gasteiger partial charge in [-0.2, -0.15) is 0 Å². The SMILES string of the molecule is NCCCCCCC(=O)N1CCN(CC(=O)N2CCCCC2)CC1. The molecule has 0 aromatic heterocycles. The van der Waals surface area contributed by atoms with Crippen molar-refractivity contribution in [2.45, 2.75) is 51.4 Å². The Kier molecular flexibility index (Phi) is 8.53. The molecule has 2 rings (SSSR count). The van der Waals surface area contributed by atoms with Crippen LogP contribution in [0.5, 0.6) is 0 Å². The third-order valence-corrected chi connectivity index (χ3v) is 5.14. The van der Waals surface area contributed by atoms with Crippen molar-refractivity contribution in [3.63, 3.8) is 0 Å². The molecule has 0 aromatic rings. The Labute approximate surface area is 146 Å². The molecule has 24 heavy (non-hydrogen) atoms. The lowest BCUT2D eigenvalue weighted by Crippen LogP contribution is -2.52. The van der Waals surface area contributed by atoms with Gasteiger partial charge < -0.3 is 15.5 Å². The number of nitrogens with zero attached hydrogens (tertiary/aromatic N) is 3. The summed E-state index contributed by atoms with van der Waals surface area (Å²) in [6.07, 6.45) is 8.40. The van der Waals surface area contributed by atoms with Crippen LogP contribution in [0.25, 0.3) is 0 Å². The molecule has 0 aromatic carbocycles. The minimum atomic E-state index is 0.259. The van der Waals surface area contributed by atoms with Gasteiger partial charge in [0.1, 0.15) is 0 Å². The van der Waals surface area contributed by atoms with Gasteiger partial charge in [0, 0.05) is 45.7 Å². The number of hydrogen-bond donors (Lipinski definition) is 1. The fraction of sp³-hybridized carbons (Fsp3) is 0.889. The zero-order valence-corrected chi connectivity index (χ0v) is 15.0. The van der Waals surface area contributed by atoms with Gasteiger partial charge in [0.25, 0.3) is 0 Å². The summed E-state index contributed by atoms with van der Waals surface area (Å²) < 4.78 is 0. The van der Waals surface area contributed by atoms with E-state index in [4.69, 9.17) is 5.73 Å². The summed E-state index contributed by atoms with van der Waals surface area (Å²) >= 11 is 0. The molecule has 0 bridgehead atoms. The van der Waals surface area contributed by atoms with E-state index < -0.39 is 0 Å². The van der Waals surface area contributed by atoms with Crippen molar-refractivity contribution in [2.24, 2.45) is 5.73 Å². The third-order valence-electron chi connectivity index (χ3n) is 5.14. The predicted octanol–water partition coefficient (Wildman–Crippen LogP) is 1.05. The van der Waals surface area contributed by atoms with E-state index >= 15 is 0 Å². The maximum atomic E-state index is 12.3. The number of piperazine rings is 1. The second-order valence-corrected chi connectivity index (χ2v) is 7.05. The maximum Gasteiger partial charge on any atom is 0.236 e. The van der Waals surface area contributed by atoms with Gasteiger partial charge in [-0.3, -0.25) is 14.5 Å². The predicted molar refractivity (Wildman–Crippen MR) is 95.6 cm³/mol. The largest absolute Gasteiger partial charge is 0.342 e. The average molecular weight is 338 g/mol. The Morgan fingerprint density at radius 1 is 0.708 bits per heavy atom. The van der Waals surface area contributed by atoms with Crippen molar-refractivity contribution in [3.05, 3.63) is 0 Å². The number of amides is 2. The zero-order valence-electron chi connectivity index (χ0n) is 15.0. The number of likely N-dealkylation sites (tertiary alicyclic amines) is 1. The molecule has 2 aliphatic rings. The molecule has 0 atom stereocenters. The van der Waals surface area contributed by atoms with Crippen molar-refractivity contribution < 1.29 is 9.59 Å². The first-order valence-electron chi connectivity index (χ1n) is 9.68. The van der Waals surface area contributed by atoms with Crippen LogP contribution >= 0.6 is 0 Å². The molecule has 2 aliphatic heterocycles. The van der Waals surface area contributed by atoms with E-state index in [9.17, 15) is 9.59 Å². The van der Waals surface area contributed by atoms with Crippen molar-refractivity contribution in [2.75, 3.05) is 52.4 Å². The normalized spacial score (nSPS) is 19.5. The van der Waals surface area contributed by atoms with Gasteiger partial charge in [-0.1, -0.05) is 12.8 Å². The first-order valence-corrected chi connectivity index (χ1v) is 9.68. The standard InChI is InChI=1S/C18H34N4O2/c19-9-5-2-1-4-8-17(23)22-14-12-20(13-15-22)16-18(24)21-10-6-3-7-11-21/h1-16,19H2. The topological polar surface area (TPSA) is 69.9 Å². The van der Waals surface area contributed by atoms with Crippen molar-refractivity contribution in [1.82, 2.24) is 14.7 Å². The second-order valence-electron chi connectivity index (χ2n) is 7.05. The highest BCUT2D eigenvalue weighted by Crippen LogP contribution is 2.11. The first-order chi connectivity index (χ1) is 11.7. The molecule has 2 heterocycles. The Morgan fingerprint density at radius 2 is 1.33 bits per heavy atom. The second kappa shape index (κ2) is 10.7. The van der Waals surface area contributed by atoms with E-state index in [0.29, 0.717) is 13.0 Å². The molecule has 2 N–H and O–H groups in total. The number of carbonyl (C=O) groups excluding carboxylic acids is 2. The van der Waals surface area contributed by atoms with Crippen LogP contribution in [0.15, 0.2) is 0 Å². The monoisotopic (exact) mass is 338 g/mol. The summed E-state index contributed by atoms with van der Waals surface area (Å²) in [6.45, 7) is 6.25. The van der Waals surface area contributed by atoms with Gasteiger partial charge in [0.05, 0.1) is 6.54 Å². The molecule has 138 valence electrons. The van der Waals surface area contributed by atoms with Gasteiger partial charge >= 0.3 is 0 Å². The highest BCUT2D eigenvalue weighted by Gasteiger charge is 2.24. The Bertz CT molecular complexity index is 388. The van der Waals surface area contributed by atoms with Crippen LogP contribution in [0, 0.1) is 0 Å². The van der Waals surface area contributed by atoms with Crippen LogP contribution in [0.2, 0.25) is 0 Å². The molecule has 2 fully saturated rings. The fourth-order valence-electron chi connectivity index (χ4n) is 3.52. The summed E-state index contributed by atoms with van der Waals surface area (Å²) in [5.74, 6) is 0.527. The number of rotatable bonds is 8. The van der Waals surface area contributed by atoms with Crippen LogP contribution in [0.1, 0.15) is 51.4 Å². The molecule has 6 nitrogen and oxygen atoms in total. The molecule has 2 amide bonds. The highest BCUT2D eigenvalue weighted by atomic mass is 16.2. The van der Waals surface area contributed by atoms with Crippen LogP contribution < -0.4 is 5.73 Å². The van der Waals surface area contributed by atoms with Crippen molar-refractivity contribution in [3.8, 4) is 0 Å². The quantitative estimate of drug-likeness (QED) is 0.672. The smallest absolute Gasteiger partial charge is 0.236 e. The van der Waals surface area contributed by atoms with Crippen molar-refractivity contribution >= 4 is 11.8 Å². The summed E-state index contributed by atoms with van der Waals surface area (Å²) in [5, 5.41) is 0. The fourth-order valence-corrected chi connectivity index (χ4v) is 3.52. The molecule has 2 saturated heterocycles. The summed E-state index contributed by atoms with van der Waals surface area (Å²) in [4.78, 5) is 30.7. The molecular weight excluding hydrogens is 304 g/mol. The Morgan fingerprint density at radius 3 is 2.00 bits per heavy atom. The molecule has 0 aliphatic carbocycles. The lowest BCUT2D eigenvalue weighted by atomic mass is 10.1. The minimum absolute atomic E-state index is 0.259. The first kappa shape index (κ1) is 19.2. The zero-order chi connectivity index (χ0) is 17.2. The van der Waals surface area contributed by atoms with E-state index in [1.54, 1.807) is 0 Å².